The van der Waals surface area contributed by atoms with Crippen LogP contribution in [0.2, 0.25) is 0 Å². The molecule has 2 heteroatoms. The average Bonchev–Trinajstić information content (AvgIpc) is 2.19. The number of hydrogen-bond acceptors (Lipinski definition) is 2. The van der Waals surface area contributed by atoms with Gasteiger partial charge in [-0.3, -0.25) is 4.99 Å². The zero-order valence-corrected chi connectivity index (χ0v) is 8.49. The van der Waals surface area contributed by atoms with Crippen molar-refractivity contribution in [1.29, 1.82) is 0 Å². The Morgan fingerprint density at radius 1 is 1.14 bits per heavy atom. The lowest BCUT2D eigenvalue weighted by Crippen LogP contribution is -2.20. The highest BCUT2D eigenvalue weighted by atomic mass is 15.1. The second kappa shape index (κ2) is 3.66. The summed E-state index contributed by atoms with van der Waals surface area (Å²) in [4.78, 5) is 4.37. The lowest BCUT2D eigenvalue weighted by molar-refractivity contribution is 0.623. The number of nitrogens with one attached hydrogen (secondary N) is 1. The number of hydrogen-bond donors (Lipinski definition) is 1. The Kier molecular flexibility index (Phi) is 2.35. The Morgan fingerprint density at radius 2 is 1.86 bits per heavy atom. The largest absolute Gasteiger partial charge is 0.364 e. The molecule has 1 aromatic carbocycles. The standard InChI is InChI=1S/C12H14N2/c1-9-3-5-11(6-4-9)12-13-8-7-10(2)14-12/h3-8,12,14H,1-2H3. The molecule has 14 heavy (non-hydrogen) atoms. The van der Waals surface area contributed by atoms with Crippen LogP contribution >= 0.6 is 0 Å². The molecule has 1 heterocycles. The van der Waals surface area contributed by atoms with E-state index in [1.807, 2.05) is 19.2 Å². The summed E-state index contributed by atoms with van der Waals surface area (Å²) in [6.07, 6.45) is 3.92. The van der Waals surface area contributed by atoms with E-state index in [-0.39, 0.29) is 6.17 Å². The predicted molar refractivity (Wildman–Crippen MR) is 59.3 cm³/mol. The monoisotopic (exact) mass is 186 g/mol. The SMILES string of the molecule is CC1=CC=NC(c2ccc(C)cc2)N1. The highest BCUT2D eigenvalue weighted by Crippen LogP contribution is 2.18. The van der Waals surface area contributed by atoms with Gasteiger partial charge in [-0.25, -0.2) is 0 Å². The molecular weight excluding hydrogens is 172 g/mol. The average molecular weight is 186 g/mol. The quantitative estimate of drug-likeness (QED) is 0.716. The fourth-order valence-electron chi connectivity index (χ4n) is 1.46. The van der Waals surface area contributed by atoms with Crippen LogP contribution in [0.5, 0.6) is 0 Å². The Balaban J connectivity index is 2.21. The highest BCUT2D eigenvalue weighted by Gasteiger charge is 2.09. The molecular formula is C12H14N2. The van der Waals surface area contributed by atoms with Crippen LogP contribution in [0.25, 0.3) is 0 Å². The predicted octanol–water partition coefficient (Wildman–Crippen LogP) is 2.57. The molecule has 0 fully saturated rings. The molecule has 0 radical (unpaired) electrons. The minimum atomic E-state index is 0.0839. The molecule has 1 N–H and O–H groups in total. The van der Waals surface area contributed by atoms with E-state index >= 15 is 0 Å². The van der Waals surface area contributed by atoms with E-state index in [9.17, 15) is 0 Å². The molecule has 0 spiro atoms. The smallest absolute Gasteiger partial charge is 0.144 e. The van der Waals surface area contributed by atoms with Crippen molar-refractivity contribution in [2.45, 2.75) is 20.0 Å². The molecule has 0 amide bonds. The van der Waals surface area contributed by atoms with Crippen molar-refractivity contribution in [2.75, 3.05) is 0 Å². The normalized spacial score (nSPS) is 20.1. The first-order valence-electron chi connectivity index (χ1n) is 4.79. The van der Waals surface area contributed by atoms with Gasteiger partial charge in [0.25, 0.3) is 0 Å². The lowest BCUT2D eigenvalue weighted by Gasteiger charge is -2.19. The Hall–Kier alpha value is -1.57. The van der Waals surface area contributed by atoms with Crippen molar-refractivity contribution in [1.82, 2.24) is 5.32 Å². The summed E-state index contributed by atoms with van der Waals surface area (Å²) >= 11 is 0. The van der Waals surface area contributed by atoms with Crippen molar-refractivity contribution in [3.63, 3.8) is 0 Å². The molecule has 1 atom stereocenters. The lowest BCUT2D eigenvalue weighted by atomic mass is 10.1. The molecule has 1 aliphatic heterocycles. The third-order valence-electron chi connectivity index (χ3n) is 2.32. The number of nitrogens with zero attached hydrogens (tertiary/aromatic N) is 1. The summed E-state index contributed by atoms with van der Waals surface area (Å²) in [5.74, 6) is 0. The van der Waals surface area contributed by atoms with E-state index in [4.69, 9.17) is 0 Å². The van der Waals surface area contributed by atoms with Crippen LogP contribution in [0, 0.1) is 6.92 Å². The van der Waals surface area contributed by atoms with E-state index in [0.717, 1.165) is 5.70 Å². The molecule has 1 unspecified atom stereocenters. The Morgan fingerprint density at radius 3 is 2.50 bits per heavy atom. The van der Waals surface area contributed by atoms with Crippen LogP contribution in [-0.4, -0.2) is 6.21 Å². The van der Waals surface area contributed by atoms with Gasteiger partial charge in [0.2, 0.25) is 0 Å². The van der Waals surface area contributed by atoms with E-state index in [1.54, 1.807) is 0 Å². The van der Waals surface area contributed by atoms with E-state index in [0.29, 0.717) is 0 Å². The van der Waals surface area contributed by atoms with Crippen LogP contribution < -0.4 is 5.32 Å². The Labute approximate surface area is 84.4 Å². The Bertz CT molecular complexity index is 374. The summed E-state index contributed by atoms with van der Waals surface area (Å²) in [6, 6.07) is 8.45. The van der Waals surface area contributed by atoms with Crippen molar-refractivity contribution in [2.24, 2.45) is 4.99 Å². The van der Waals surface area contributed by atoms with Crippen LogP contribution in [0.4, 0.5) is 0 Å². The van der Waals surface area contributed by atoms with Gasteiger partial charge < -0.3 is 5.32 Å². The molecule has 0 aromatic heterocycles. The van der Waals surface area contributed by atoms with Crippen LogP contribution in [0.3, 0.4) is 0 Å². The van der Waals surface area contributed by atoms with Gasteiger partial charge in [0.1, 0.15) is 6.17 Å². The van der Waals surface area contributed by atoms with Gasteiger partial charge in [-0.15, -0.1) is 0 Å². The fourth-order valence-corrected chi connectivity index (χ4v) is 1.46. The molecule has 1 aromatic rings. The maximum absolute atomic E-state index is 4.37. The molecule has 2 nitrogen and oxygen atoms in total. The summed E-state index contributed by atoms with van der Waals surface area (Å²) in [5.41, 5.74) is 3.64. The first-order chi connectivity index (χ1) is 6.75. The van der Waals surface area contributed by atoms with Gasteiger partial charge in [0.15, 0.2) is 0 Å². The van der Waals surface area contributed by atoms with Gasteiger partial charge in [-0.2, -0.15) is 0 Å². The van der Waals surface area contributed by atoms with Crippen LogP contribution in [-0.2, 0) is 0 Å². The summed E-state index contributed by atoms with van der Waals surface area (Å²) < 4.78 is 0. The van der Waals surface area contributed by atoms with Gasteiger partial charge in [-0.1, -0.05) is 29.8 Å². The van der Waals surface area contributed by atoms with Gasteiger partial charge in [0.05, 0.1) is 0 Å². The first-order valence-corrected chi connectivity index (χ1v) is 4.79. The molecule has 0 saturated heterocycles. The molecule has 72 valence electrons. The van der Waals surface area contributed by atoms with Crippen molar-refractivity contribution >= 4 is 6.21 Å². The molecule has 1 aliphatic rings. The number of benzene rings is 1. The molecule has 0 aliphatic carbocycles. The zero-order chi connectivity index (χ0) is 9.97. The van der Waals surface area contributed by atoms with Crippen molar-refractivity contribution < 1.29 is 0 Å². The van der Waals surface area contributed by atoms with E-state index < -0.39 is 0 Å². The number of rotatable bonds is 1. The summed E-state index contributed by atoms with van der Waals surface area (Å²) in [7, 11) is 0. The highest BCUT2D eigenvalue weighted by molar-refractivity contribution is 5.73. The number of aliphatic imine (C=N–C) groups is 1. The molecule has 0 saturated carbocycles. The fraction of sp³-hybridized carbons (Fsp3) is 0.250. The zero-order valence-electron chi connectivity index (χ0n) is 8.49. The topological polar surface area (TPSA) is 24.4 Å². The maximum Gasteiger partial charge on any atom is 0.144 e. The minimum Gasteiger partial charge on any atom is -0.364 e. The van der Waals surface area contributed by atoms with Crippen molar-refractivity contribution in [3.8, 4) is 0 Å². The molecule has 2 rings (SSSR count). The maximum atomic E-state index is 4.37. The second-order valence-electron chi connectivity index (χ2n) is 3.61. The van der Waals surface area contributed by atoms with E-state index in [1.165, 1.54) is 11.1 Å². The third kappa shape index (κ3) is 1.84. The van der Waals surface area contributed by atoms with Gasteiger partial charge in [-0.05, 0) is 25.5 Å². The van der Waals surface area contributed by atoms with Crippen molar-refractivity contribution in [3.05, 3.63) is 47.2 Å². The van der Waals surface area contributed by atoms with Gasteiger partial charge >= 0.3 is 0 Å². The number of aryl methyl sites for hydroxylation is 1. The summed E-state index contributed by atoms with van der Waals surface area (Å²) in [6.45, 7) is 4.14. The van der Waals surface area contributed by atoms with Gasteiger partial charge in [0, 0.05) is 11.9 Å². The summed E-state index contributed by atoms with van der Waals surface area (Å²) in [5, 5.41) is 3.32. The second-order valence-corrected chi connectivity index (χ2v) is 3.61. The van der Waals surface area contributed by atoms with E-state index in [2.05, 4.69) is 41.5 Å². The first kappa shape index (κ1) is 9.00. The minimum absolute atomic E-state index is 0.0839. The van der Waals surface area contributed by atoms with Crippen LogP contribution in [0.15, 0.2) is 41.0 Å². The van der Waals surface area contributed by atoms with Crippen LogP contribution in [0.1, 0.15) is 24.2 Å². The third-order valence-corrected chi connectivity index (χ3v) is 2.32. The number of allylic oxidation sites excluding steroid dienone is 2. The molecule has 0 bridgehead atoms.